The second kappa shape index (κ2) is 7.28. The van der Waals surface area contributed by atoms with Crippen LogP contribution in [0.5, 0.6) is 0 Å². The lowest BCUT2D eigenvalue weighted by Crippen LogP contribution is -2.46. The fourth-order valence-corrected chi connectivity index (χ4v) is 3.43. The molecule has 1 rings (SSSR count). The van der Waals surface area contributed by atoms with E-state index in [1.807, 2.05) is 0 Å². The Balaban J connectivity index is 0.00000289. The van der Waals surface area contributed by atoms with Crippen molar-refractivity contribution in [3.05, 3.63) is 0 Å². The Morgan fingerprint density at radius 2 is 1.89 bits per heavy atom. The average Bonchev–Trinajstić information content (AvgIpc) is 2.55. The number of carbonyl (C=O) groups excluding carboxylic acids is 1. The van der Waals surface area contributed by atoms with Gasteiger partial charge in [-0.1, -0.05) is 0 Å². The van der Waals surface area contributed by atoms with Crippen molar-refractivity contribution in [2.45, 2.75) is 18.6 Å². The molecule has 1 aliphatic rings. The minimum Gasteiger partial charge on any atom is -0.348 e. The summed E-state index contributed by atoms with van der Waals surface area (Å²) in [5.74, 6) is -0.373. The fourth-order valence-electron chi connectivity index (χ4n) is 1.79. The van der Waals surface area contributed by atoms with Gasteiger partial charge in [-0.05, 0) is 19.9 Å². The van der Waals surface area contributed by atoms with Gasteiger partial charge in [0.1, 0.15) is 0 Å². The van der Waals surface area contributed by atoms with Crippen LogP contribution in [0.3, 0.4) is 0 Å². The zero-order valence-corrected chi connectivity index (χ0v) is 12.7. The van der Waals surface area contributed by atoms with E-state index in [1.54, 1.807) is 14.1 Å². The second-order valence-electron chi connectivity index (χ2n) is 4.42. The van der Waals surface area contributed by atoms with Crippen LogP contribution in [0.1, 0.15) is 13.3 Å². The molecule has 1 amide bonds. The Bertz CT molecular complexity index is 365. The molecule has 6 nitrogen and oxygen atoms in total. The molecule has 0 bridgehead atoms. The predicted octanol–water partition coefficient (Wildman–Crippen LogP) is -0.490. The van der Waals surface area contributed by atoms with Crippen LogP contribution in [-0.4, -0.2) is 69.1 Å². The predicted molar refractivity (Wildman–Crippen MR) is 73.4 cm³/mol. The fraction of sp³-hybridized carbons (Fsp3) is 0.900. The van der Waals surface area contributed by atoms with E-state index in [4.69, 9.17) is 0 Å². The molecule has 1 aliphatic heterocycles. The molecule has 0 spiro atoms. The molecule has 1 heterocycles. The Morgan fingerprint density at radius 1 is 1.28 bits per heavy atom. The van der Waals surface area contributed by atoms with Crippen LogP contribution in [0.2, 0.25) is 0 Å². The molecule has 1 N–H and O–H groups in total. The van der Waals surface area contributed by atoms with Crippen LogP contribution >= 0.6 is 12.4 Å². The molecule has 1 fully saturated rings. The highest BCUT2D eigenvalue weighted by atomic mass is 35.5. The number of nitrogens with one attached hydrogen (secondary N) is 1. The van der Waals surface area contributed by atoms with Crippen LogP contribution in [0.4, 0.5) is 0 Å². The molecule has 1 atom stereocenters. The Labute approximate surface area is 115 Å². The molecule has 0 aromatic carbocycles. The Kier molecular flexibility index (Phi) is 7.13. The van der Waals surface area contributed by atoms with E-state index in [0.29, 0.717) is 19.6 Å². The quantitative estimate of drug-likeness (QED) is 0.763. The van der Waals surface area contributed by atoms with Gasteiger partial charge in [-0.2, -0.15) is 4.31 Å². The van der Waals surface area contributed by atoms with E-state index in [9.17, 15) is 13.2 Å². The van der Waals surface area contributed by atoms with E-state index < -0.39 is 15.3 Å². The smallest absolute Gasteiger partial charge is 0.241 e. The summed E-state index contributed by atoms with van der Waals surface area (Å²) in [5, 5.41) is 2.13. The molecule has 1 saturated heterocycles. The minimum absolute atomic E-state index is 0. The molecule has 0 radical (unpaired) electrons. The van der Waals surface area contributed by atoms with Crippen molar-refractivity contribution in [2.24, 2.45) is 0 Å². The summed E-state index contributed by atoms with van der Waals surface area (Å²) < 4.78 is 25.9. The lowest BCUT2D eigenvalue weighted by atomic mass is 10.4. The maximum absolute atomic E-state index is 12.2. The third-order valence-electron chi connectivity index (χ3n) is 2.89. The second-order valence-corrected chi connectivity index (χ2v) is 6.68. The van der Waals surface area contributed by atoms with Gasteiger partial charge >= 0.3 is 0 Å². The first-order chi connectivity index (χ1) is 7.87. The minimum atomic E-state index is -3.53. The lowest BCUT2D eigenvalue weighted by molar-refractivity contribution is -0.128. The average molecular weight is 300 g/mol. The number of hydrogen-bond donors (Lipinski definition) is 1. The van der Waals surface area contributed by atoms with Gasteiger partial charge < -0.3 is 10.2 Å². The number of hydrogen-bond acceptors (Lipinski definition) is 4. The highest BCUT2D eigenvalue weighted by Gasteiger charge is 2.34. The van der Waals surface area contributed by atoms with Gasteiger partial charge in [0.25, 0.3) is 0 Å². The highest BCUT2D eigenvalue weighted by Crippen LogP contribution is 2.12. The van der Waals surface area contributed by atoms with Crippen LogP contribution in [0.15, 0.2) is 0 Å². The lowest BCUT2D eigenvalue weighted by Gasteiger charge is -2.25. The normalized spacial score (nSPS) is 19.5. The maximum atomic E-state index is 12.2. The van der Waals surface area contributed by atoms with E-state index in [0.717, 1.165) is 13.0 Å². The number of amides is 1. The molecular formula is C10H22ClN3O3S. The third-order valence-corrected chi connectivity index (χ3v) is 5.07. The first kappa shape index (κ1) is 17.6. The molecule has 0 saturated carbocycles. The first-order valence-electron chi connectivity index (χ1n) is 5.78. The van der Waals surface area contributed by atoms with Crippen molar-refractivity contribution in [1.82, 2.24) is 14.5 Å². The number of halogens is 1. The van der Waals surface area contributed by atoms with Gasteiger partial charge in [-0.3, -0.25) is 4.79 Å². The van der Waals surface area contributed by atoms with E-state index in [2.05, 4.69) is 5.32 Å². The summed E-state index contributed by atoms with van der Waals surface area (Å²) in [6, 6.07) is 0. The SMILES string of the molecule is CC(C(=O)N(C)C)S(=O)(=O)N1CCCNCC1.Cl. The number of sulfonamides is 1. The van der Waals surface area contributed by atoms with E-state index >= 15 is 0 Å². The van der Waals surface area contributed by atoms with Crippen LogP contribution in [0.25, 0.3) is 0 Å². The van der Waals surface area contributed by atoms with Crippen LogP contribution in [-0.2, 0) is 14.8 Å². The van der Waals surface area contributed by atoms with Gasteiger partial charge in [-0.15, -0.1) is 12.4 Å². The summed E-state index contributed by atoms with van der Waals surface area (Å²) in [6.07, 6.45) is 0.780. The summed E-state index contributed by atoms with van der Waals surface area (Å²) in [4.78, 5) is 13.0. The third kappa shape index (κ3) is 4.08. The van der Waals surface area contributed by atoms with Crippen LogP contribution < -0.4 is 5.32 Å². The molecular weight excluding hydrogens is 278 g/mol. The zero-order chi connectivity index (χ0) is 13.1. The number of carbonyl (C=O) groups is 1. The first-order valence-corrected chi connectivity index (χ1v) is 7.28. The van der Waals surface area contributed by atoms with Gasteiger partial charge in [0.2, 0.25) is 15.9 Å². The molecule has 0 aromatic heterocycles. The molecule has 18 heavy (non-hydrogen) atoms. The largest absolute Gasteiger partial charge is 0.348 e. The summed E-state index contributed by atoms with van der Waals surface area (Å²) in [6.45, 7) is 3.84. The summed E-state index contributed by atoms with van der Waals surface area (Å²) in [7, 11) is -0.392. The van der Waals surface area contributed by atoms with Crippen LogP contribution in [0, 0.1) is 0 Å². The van der Waals surface area contributed by atoms with Crippen molar-refractivity contribution < 1.29 is 13.2 Å². The van der Waals surface area contributed by atoms with E-state index in [-0.39, 0.29) is 18.3 Å². The number of nitrogens with zero attached hydrogens (tertiary/aromatic N) is 2. The Hall–Kier alpha value is -0.370. The van der Waals surface area contributed by atoms with Gasteiger partial charge in [0.15, 0.2) is 5.25 Å². The molecule has 0 aromatic rings. The van der Waals surface area contributed by atoms with Crippen molar-refractivity contribution in [3.63, 3.8) is 0 Å². The molecule has 1 unspecified atom stereocenters. The summed E-state index contributed by atoms with van der Waals surface area (Å²) >= 11 is 0. The number of rotatable bonds is 3. The molecule has 8 heteroatoms. The summed E-state index contributed by atoms with van der Waals surface area (Å²) in [5.41, 5.74) is 0. The zero-order valence-electron chi connectivity index (χ0n) is 11.0. The van der Waals surface area contributed by atoms with Gasteiger partial charge in [0, 0.05) is 33.7 Å². The Morgan fingerprint density at radius 3 is 2.44 bits per heavy atom. The topological polar surface area (TPSA) is 69.7 Å². The maximum Gasteiger partial charge on any atom is 0.241 e. The molecule has 0 aliphatic carbocycles. The van der Waals surface area contributed by atoms with Crippen molar-refractivity contribution >= 4 is 28.3 Å². The highest BCUT2D eigenvalue weighted by molar-refractivity contribution is 7.90. The molecule has 108 valence electrons. The van der Waals surface area contributed by atoms with Crippen molar-refractivity contribution in [2.75, 3.05) is 40.3 Å². The van der Waals surface area contributed by atoms with E-state index in [1.165, 1.54) is 16.1 Å². The van der Waals surface area contributed by atoms with Gasteiger partial charge in [-0.25, -0.2) is 8.42 Å². The van der Waals surface area contributed by atoms with Crippen molar-refractivity contribution in [3.8, 4) is 0 Å². The standard InChI is InChI=1S/C10H21N3O3S.ClH/c1-9(10(14)12(2)3)17(15,16)13-7-4-5-11-6-8-13;/h9,11H,4-8H2,1-3H3;1H. The van der Waals surface area contributed by atoms with Gasteiger partial charge in [0.05, 0.1) is 0 Å². The van der Waals surface area contributed by atoms with Crippen molar-refractivity contribution in [1.29, 1.82) is 0 Å². The monoisotopic (exact) mass is 299 g/mol.